The van der Waals surface area contributed by atoms with Crippen LogP contribution in [-0.2, 0) is 4.79 Å². The molecule has 0 atom stereocenters. The van der Waals surface area contributed by atoms with E-state index in [0.717, 1.165) is 0 Å². The molecular formula is C12H11Cl2NO2. The minimum absolute atomic E-state index is 0.0766. The molecule has 0 radical (unpaired) electrons. The molecule has 1 aliphatic rings. The summed E-state index contributed by atoms with van der Waals surface area (Å²) in [5.74, 6) is -0.193. The lowest BCUT2D eigenvalue weighted by Crippen LogP contribution is -2.40. The molecule has 3 nitrogen and oxygen atoms in total. The maximum atomic E-state index is 12.2. The number of carbonyl (C=O) groups is 2. The highest BCUT2D eigenvalue weighted by molar-refractivity contribution is 6.39. The van der Waals surface area contributed by atoms with Crippen molar-refractivity contribution >= 4 is 34.9 Å². The Hall–Kier alpha value is -1.06. The maximum Gasteiger partial charge on any atom is 0.257 e. The average Bonchev–Trinajstić information content (AvgIpc) is 2.28. The zero-order valence-electron chi connectivity index (χ0n) is 9.08. The van der Waals surface area contributed by atoms with Gasteiger partial charge in [0, 0.05) is 13.0 Å². The molecule has 0 unspecified atom stereocenters. The molecular weight excluding hydrogens is 261 g/mol. The van der Waals surface area contributed by atoms with Crippen molar-refractivity contribution in [1.29, 1.82) is 0 Å². The number of piperidine rings is 1. The summed E-state index contributed by atoms with van der Waals surface area (Å²) in [7, 11) is 0. The van der Waals surface area contributed by atoms with Gasteiger partial charge in [0.1, 0.15) is 0 Å². The Morgan fingerprint density at radius 1 is 1.24 bits per heavy atom. The molecule has 1 amide bonds. The van der Waals surface area contributed by atoms with E-state index < -0.39 is 0 Å². The number of carbonyl (C=O) groups excluding carboxylic acids is 2. The summed E-state index contributed by atoms with van der Waals surface area (Å²) in [5.41, 5.74) is 0.283. The summed E-state index contributed by atoms with van der Waals surface area (Å²) in [6.07, 6.45) is 1.24. The molecule has 1 fully saturated rings. The fourth-order valence-electron chi connectivity index (χ4n) is 1.87. The van der Waals surface area contributed by atoms with Crippen LogP contribution in [0, 0.1) is 0 Å². The van der Waals surface area contributed by atoms with Crippen molar-refractivity contribution in [3.8, 4) is 0 Å². The second-order valence-electron chi connectivity index (χ2n) is 3.97. The van der Waals surface area contributed by atoms with Gasteiger partial charge >= 0.3 is 0 Å². The van der Waals surface area contributed by atoms with Gasteiger partial charge in [-0.1, -0.05) is 29.3 Å². The Morgan fingerprint density at radius 2 is 1.88 bits per heavy atom. The number of benzene rings is 1. The first-order valence-electron chi connectivity index (χ1n) is 5.34. The van der Waals surface area contributed by atoms with E-state index in [4.69, 9.17) is 23.2 Å². The minimum Gasteiger partial charge on any atom is -0.331 e. The highest BCUT2D eigenvalue weighted by atomic mass is 35.5. The van der Waals surface area contributed by atoms with E-state index in [1.165, 1.54) is 4.90 Å². The molecule has 0 aliphatic carbocycles. The monoisotopic (exact) mass is 271 g/mol. The molecule has 0 saturated carbocycles. The molecule has 1 aliphatic heterocycles. The fourth-order valence-corrected chi connectivity index (χ4v) is 2.43. The van der Waals surface area contributed by atoms with Crippen molar-refractivity contribution < 1.29 is 9.59 Å². The molecule has 0 bridgehead atoms. The second kappa shape index (κ2) is 5.07. The van der Waals surface area contributed by atoms with E-state index in [1.54, 1.807) is 18.2 Å². The molecule has 90 valence electrons. The van der Waals surface area contributed by atoms with Crippen molar-refractivity contribution in [3.63, 3.8) is 0 Å². The van der Waals surface area contributed by atoms with Crippen molar-refractivity contribution in [2.24, 2.45) is 0 Å². The predicted octanol–water partition coefficient (Wildman–Crippen LogP) is 2.80. The zero-order valence-corrected chi connectivity index (χ0v) is 10.6. The van der Waals surface area contributed by atoms with Gasteiger partial charge in [-0.3, -0.25) is 9.59 Å². The standard InChI is InChI=1S/C12H11Cl2NO2/c13-9-4-1-5-10(14)11(9)12(17)15-6-2-3-8(16)7-15/h1,4-5H,2-3,6-7H2. The molecule has 0 spiro atoms. The van der Waals surface area contributed by atoms with Crippen LogP contribution in [0.15, 0.2) is 18.2 Å². The maximum absolute atomic E-state index is 12.2. The van der Waals surface area contributed by atoms with E-state index in [0.29, 0.717) is 29.4 Å². The summed E-state index contributed by atoms with van der Waals surface area (Å²) < 4.78 is 0. The first-order chi connectivity index (χ1) is 8.09. The van der Waals surface area contributed by atoms with Gasteiger partial charge in [0.05, 0.1) is 22.2 Å². The molecule has 0 aromatic heterocycles. The lowest BCUT2D eigenvalue weighted by molar-refractivity contribution is -0.121. The quantitative estimate of drug-likeness (QED) is 0.788. The second-order valence-corrected chi connectivity index (χ2v) is 4.78. The van der Waals surface area contributed by atoms with Crippen molar-refractivity contribution in [2.45, 2.75) is 12.8 Å². The third-order valence-electron chi connectivity index (χ3n) is 2.71. The Kier molecular flexibility index (Phi) is 3.69. The van der Waals surface area contributed by atoms with Gasteiger partial charge in [-0.25, -0.2) is 0 Å². The van der Waals surface area contributed by atoms with Crippen LogP contribution in [-0.4, -0.2) is 29.7 Å². The first kappa shape index (κ1) is 12.4. The molecule has 17 heavy (non-hydrogen) atoms. The first-order valence-corrected chi connectivity index (χ1v) is 6.10. The van der Waals surface area contributed by atoms with Crippen LogP contribution in [0.2, 0.25) is 10.0 Å². The minimum atomic E-state index is -0.270. The Balaban J connectivity index is 2.27. The summed E-state index contributed by atoms with van der Waals surface area (Å²) >= 11 is 11.9. The van der Waals surface area contributed by atoms with Crippen LogP contribution in [0.3, 0.4) is 0 Å². The van der Waals surface area contributed by atoms with E-state index in [2.05, 4.69) is 0 Å². The van der Waals surface area contributed by atoms with Gasteiger partial charge in [-0.15, -0.1) is 0 Å². The van der Waals surface area contributed by atoms with E-state index in [1.807, 2.05) is 0 Å². The molecule has 2 rings (SSSR count). The third kappa shape index (κ3) is 2.61. The number of amides is 1. The van der Waals surface area contributed by atoms with E-state index in [-0.39, 0.29) is 23.8 Å². The number of hydrogen-bond donors (Lipinski definition) is 0. The van der Waals surface area contributed by atoms with Crippen LogP contribution < -0.4 is 0 Å². The van der Waals surface area contributed by atoms with Crippen LogP contribution in [0.4, 0.5) is 0 Å². The van der Waals surface area contributed by atoms with Crippen LogP contribution in [0.25, 0.3) is 0 Å². The lowest BCUT2D eigenvalue weighted by atomic mass is 10.1. The van der Waals surface area contributed by atoms with E-state index in [9.17, 15) is 9.59 Å². The molecule has 0 N–H and O–H groups in total. The Morgan fingerprint density at radius 3 is 2.47 bits per heavy atom. The number of nitrogens with zero attached hydrogens (tertiary/aromatic N) is 1. The van der Waals surface area contributed by atoms with Crippen molar-refractivity contribution in [3.05, 3.63) is 33.8 Å². The SMILES string of the molecule is O=C1CCCN(C(=O)c2c(Cl)cccc2Cl)C1. The number of halogens is 2. The van der Waals surface area contributed by atoms with Crippen LogP contribution >= 0.6 is 23.2 Å². The van der Waals surface area contributed by atoms with Crippen LogP contribution in [0.1, 0.15) is 23.2 Å². The van der Waals surface area contributed by atoms with Crippen molar-refractivity contribution in [2.75, 3.05) is 13.1 Å². The summed E-state index contributed by atoms with van der Waals surface area (Å²) in [4.78, 5) is 25.0. The molecule has 1 aromatic carbocycles. The molecule has 1 heterocycles. The largest absolute Gasteiger partial charge is 0.331 e. The lowest BCUT2D eigenvalue weighted by Gasteiger charge is -2.26. The van der Waals surface area contributed by atoms with Gasteiger partial charge in [0.25, 0.3) is 5.91 Å². The van der Waals surface area contributed by atoms with Crippen molar-refractivity contribution in [1.82, 2.24) is 4.90 Å². The Bertz CT molecular complexity index is 453. The fraction of sp³-hybridized carbons (Fsp3) is 0.333. The zero-order chi connectivity index (χ0) is 12.4. The van der Waals surface area contributed by atoms with Gasteiger partial charge < -0.3 is 4.90 Å². The Labute approximate surface area is 109 Å². The number of Topliss-reactive ketones (excluding diaryl/α,β-unsaturated/α-hetero) is 1. The number of hydrogen-bond acceptors (Lipinski definition) is 2. The summed E-state index contributed by atoms with van der Waals surface area (Å²) in [6, 6.07) is 4.92. The highest BCUT2D eigenvalue weighted by Gasteiger charge is 2.25. The number of rotatable bonds is 1. The normalized spacial score (nSPS) is 16.1. The van der Waals surface area contributed by atoms with E-state index >= 15 is 0 Å². The topological polar surface area (TPSA) is 37.4 Å². The molecule has 1 aromatic rings. The van der Waals surface area contributed by atoms with Crippen LogP contribution in [0.5, 0.6) is 0 Å². The van der Waals surface area contributed by atoms with Gasteiger partial charge in [0.2, 0.25) is 0 Å². The van der Waals surface area contributed by atoms with Gasteiger partial charge in [-0.2, -0.15) is 0 Å². The van der Waals surface area contributed by atoms with Gasteiger partial charge in [-0.05, 0) is 18.6 Å². The number of likely N-dealkylation sites (tertiary alicyclic amines) is 1. The van der Waals surface area contributed by atoms with Gasteiger partial charge in [0.15, 0.2) is 5.78 Å². The average molecular weight is 272 g/mol. The highest BCUT2D eigenvalue weighted by Crippen LogP contribution is 2.26. The smallest absolute Gasteiger partial charge is 0.257 e. The predicted molar refractivity (Wildman–Crippen MR) is 66.6 cm³/mol. The molecule has 1 saturated heterocycles. The number of ketones is 1. The third-order valence-corrected chi connectivity index (χ3v) is 3.34. The molecule has 5 heteroatoms. The summed E-state index contributed by atoms with van der Waals surface area (Å²) in [5, 5.41) is 0.640. The summed E-state index contributed by atoms with van der Waals surface area (Å²) in [6.45, 7) is 0.729.